The van der Waals surface area contributed by atoms with E-state index in [2.05, 4.69) is 52.4 Å². The molecule has 0 unspecified atom stereocenters. The average Bonchev–Trinajstić information content (AvgIpc) is 2.99. The van der Waals surface area contributed by atoms with Gasteiger partial charge in [-0.1, -0.05) is 28.1 Å². The van der Waals surface area contributed by atoms with Crippen molar-refractivity contribution in [3.05, 3.63) is 34.3 Å². The van der Waals surface area contributed by atoms with Gasteiger partial charge in [0.05, 0.1) is 0 Å². The van der Waals surface area contributed by atoms with Gasteiger partial charge in [-0.2, -0.15) is 0 Å². The average molecular weight is 254 g/mol. The molecule has 1 nitrogen and oxygen atoms in total. The molecule has 0 aliphatic heterocycles. The van der Waals surface area contributed by atoms with E-state index in [-0.39, 0.29) is 0 Å². The molecule has 1 fully saturated rings. The van der Waals surface area contributed by atoms with Gasteiger partial charge < -0.3 is 5.32 Å². The maximum absolute atomic E-state index is 3.56. The van der Waals surface area contributed by atoms with Crippen molar-refractivity contribution in [3.63, 3.8) is 0 Å². The summed E-state index contributed by atoms with van der Waals surface area (Å²) in [6.07, 6.45) is 2.83. The first-order valence-electron chi connectivity index (χ1n) is 5.24. The molecule has 2 rings (SSSR count). The molecule has 1 N–H and O–H groups in total. The Balaban J connectivity index is 1.88. The second-order valence-corrected chi connectivity index (χ2v) is 5.04. The van der Waals surface area contributed by atoms with Gasteiger partial charge in [0, 0.05) is 10.5 Å². The highest BCUT2D eigenvalue weighted by atomic mass is 79.9. The molecule has 0 aromatic heterocycles. The summed E-state index contributed by atoms with van der Waals surface area (Å²) < 4.78 is 1.15. The van der Waals surface area contributed by atoms with Gasteiger partial charge in [-0.3, -0.25) is 0 Å². The Morgan fingerprint density at radius 2 is 2.00 bits per heavy atom. The molecule has 1 aliphatic rings. The summed E-state index contributed by atoms with van der Waals surface area (Å²) in [5.74, 6) is 0.952. The molecule has 0 bridgehead atoms. The van der Waals surface area contributed by atoms with Gasteiger partial charge >= 0.3 is 0 Å². The highest BCUT2D eigenvalue weighted by molar-refractivity contribution is 9.10. The molecular formula is C12H16BrN. The molecule has 14 heavy (non-hydrogen) atoms. The van der Waals surface area contributed by atoms with Crippen molar-refractivity contribution in [2.24, 2.45) is 5.92 Å². The molecule has 1 aliphatic carbocycles. The van der Waals surface area contributed by atoms with Crippen molar-refractivity contribution in [2.75, 3.05) is 6.54 Å². The Morgan fingerprint density at radius 1 is 1.36 bits per heavy atom. The molecule has 0 heterocycles. The maximum Gasteiger partial charge on any atom is 0.0291 e. The fourth-order valence-corrected chi connectivity index (χ4v) is 1.80. The lowest BCUT2D eigenvalue weighted by Crippen LogP contribution is -2.20. The van der Waals surface area contributed by atoms with Gasteiger partial charge in [0.15, 0.2) is 0 Å². The fraction of sp³-hybridized carbons (Fsp3) is 0.500. The Kier molecular flexibility index (Phi) is 3.24. The second-order valence-electron chi connectivity index (χ2n) is 4.12. The summed E-state index contributed by atoms with van der Waals surface area (Å²) >= 11 is 3.45. The molecule has 76 valence electrons. The summed E-state index contributed by atoms with van der Waals surface area (Å²) in [5, 5.41) is 3.56. The van der Waals surface area contributed by atoms with Crippen molar-refractivity contribution in [3.8, 4) is 0 Å². The van der Waals surface area contributed by atoms with E-state index in [9.17, 15) is 0 Å². The molecular weight excluding hydrogens is 238 g/mol. The van der Waals surface area contributed by atoms with Crippen LogP contribution in [0.2, 0.25) is 0 Å². The van der Waals surface area contributed by atoms with Crippen LogP contribution in [0.15, 0.2) is 28.7 Å². The van der Waals surface area contributed by atoms with E-state index in [0.717, 1.165) is 10.4 Å². The Morgan fingerprint density at radius 3 is 2.57 bits per heavy atom. The van der Waals surface area contributed by atoms with Gasteiger partial charge in [0.25, 0.3) is 0 Å². The Labute approximate surface area is 94.0 Å². The zero-order chi connectivity index (χ0) is 9.97. The third-order valence-corrected chi connectivity index (χ3v) is 3.31. The largest absolute Gasteiger partial charge is 0.310 e. The Bertz CT molecular complexity index is 290. The van der Waals surface area contributed by atoms with Gasteiger partial charge in [-0.05, 0) is 49.9 Å². The lowest BCUT2D eigenvalue weighted by Gasteiger charge is -2.13. The first-order chi connectivity index (χ1) is 6.75. The Hall–Kier alpha value is -0.340. The van der Waals surface area contributed by atoms with Gasteiger partial charge in [-0.25, -0.2) is 0 Å². The molecule has 1 atom stereocenters. The van der Waals surface area contributed by atoms with Gasteiger partial charge in [0.1, 0.15) is 0 Å². The number of hydrogen-bond donors (Lipinski definition) is 1. The summed E-state index contributed by atoms with van der Waals surface area (Å²) in [6.45, 7) is 3.41. The number of benzene rings is 1. The topological polar surface area (TPSA) is 12.0 Å². The molecule has 1 saturated carbocycles. The minimum atomic E-state index is 0.476. The van der Waals surface area contributed by atoms with Crippen LogP contribution in [0.4, 0.5) is 0 Å². The minimum Gasteiger partial charge on any atom is -0.310 e. The van der Waals surface area contributed by atoms with E-state index in [1.165, 1.54) is 24.9 Å². The van der Waals surface area contributed by atoms with Crippen molar-refractivity contribution < 1.29 is 0 Å². The lowest BCUT2D eigenvalue weighted by molar-refractivity contribution is 0.549. The van der Waals surface area contributed by atoms with Crippen LogP contribution in [0.5, 0.6) is 0 Å². The maximum atomic E-state index is 3.56. The minimum absolute atomic E-state index is 0.476. The molecule has 1 aromatic carbocycles. The lowest BCUT2D eigenvalue weighted by atomic mass is 10.1. The van der Waals surface area contributed by atoms with E-state index in [0.29, 0.717) is 6.04 Å². The molecule has 1 aromatic rings. The predicted molar refractivity (Wildman–Crippen MR) is 63.3 cm³/mol. The number of hydrogen-bond acceptors (Lipinski definition) is 1. The smallest absolute Gasteiger partial charge is 0.0291 e. The van der Waals surface area contributed by atoms with Gasteiger partial charge in [-0.15, -0.1) is 0 Å². The summed E-state index contributed by atoms with van der Waals surface area (Å²) in [4.78, 5) is 0. The van der Waals surface area contributed by atoms with E-state index in [1.807, 2.05) is 0 Å². The van der Waals surface area contributed by atoms with E-state index in [4.69, 9.17) is 0 Å². The van der Waals surface area contributed by atoms with Crippen LogP contribution in [-0.4, -0.2) is 6.54 Å². The highest BCUT2D eigenvalue weighted by Gasteiger charge is 2.21. The number of rotatable bonds is 4. The zero-order valence-electron chi connectivity index (χ0n) is 8.46. The van der Waals surface area contributed by atoms with E-state index >= 15 is 0 Å². The van der Waals surface area contributed by atoms with Crippen molar-refractivity contribution in [2.45, 2.75) is 25.8 Å². The monoisotopic (exact) mass is 253 g/mol. The summed E-state index contributed by atoms with van der Waals surface area (Å²) in [6, 6.07) is 9.03. The van der Waals surface area contributed by atoms with Crippen molar-refractivity contribution >= 4 is 15.9 Å². The molecule has 2 heteroatoms. The van der Waals surface area contributed by atoms with E-state index in [1.54, 1.807) is 0 Å². The van der Waals surface area contributed by atoms with Gasteiger partial charge in [0.2, 0.25) is 0 Å². The van der Waals surface area contributed by atoms with Crippen LogP contribution in [0.1, 0.15) is 31.4 Å². The normalized spacial score (nSPS) is 18.1. The summed E-state index contributed by atoms with van der Waals surface area (Å²) in [7, 11) is 0. The summed E-state index contributed by atoms with van der Waals surface area (Å²) in [5.41, 5.74) is 1.37. The van der Waals surface area contributed by atoms with E-state index < -0.39 is 0 Å². The third kappa shape index (κ3) is 2.82. The third-order valence-electron chi connectivity index (χ3n) is 2.78. The van der Waals surface area contributed by atoms with Crippen LogP contribution in [0, 0.1) is 5.92 Å². The fourth-order valence-electron chi connectivity index (χ4n) is 1.53. The van der Waals surface area contributed by atoms with Crippen molar-refractivity contribution in [1.29, 1.82) is 0 Å². The standard InChI is InChI=1S/C12H16BrN/c1-9(14-8-10-2-3-10)11-4-6-12(13)7-5-11/h4-7,9-10,14H,2-3,8H2,1H3/t9-/m1/s1. The first kappa shape index (κ1) is 10.2. The van der Waals surface area contributed by atoms with Crippen LogP contribution >= 0.6 is 15.9 Å². The number of halogens is 1. The van der Waals surface area contributed by atoms with Crippen LogP contribution in [0.25, 0.3) is 0 Å². The number of nitrogens with one attached hydrogen (secondary N) is 1. The second kappa shape index (κ2) is 4.45. The molecule has 0 radical (unpaired) electrons. The molecule has 0 spiro atoms. The first-order valence-corrected chi connectivity index (χ1v) is 6.04. The van der Waals surface area contributed by atoms with Crippen molar-refractivity contribution in [1.82, 2.24) is 5.32 Å². The highest BCUT2D eigenvalue weighted by Crippen LogP contribution is 2.28. The zero-order valence-corrected chi connectivity index (χ0v) is 10.0. The SMILES string of the molecule is C[C@@H](NCC1CC1)c1ccc(Br)cc1. The quantitative estimate of drug-likeness (QED) is 0.866. The molecule has 0 amide bonds. The van der Waals surface area contributed by atoms with Crippen LogP contribution in [-0.2, 0) is 0 Å². The molecule has 0 saturated heterocycles. The van der Waals surface area contributed by atoms with Crippen LogP contribution in [0.3, 0.4) is 0 Å². The van der Waals surface area contributed by atoms with Crippen LogP contribution < -0.4 is 5.32 Å². The predicted octanol–water partition coefficient (Wildman–Crippen LogP) is 3.51.